The van der Waals surface area contributed by atoms with Crippen molar-refractivity contribution in [3.63, 3.8) is 0 Å². The summed E-state index contributed by atoms with van der Waals surface area (Å²) in [6.07, 6.45) is 1.46. The van der Waals surface area contributed by atoms with Crippen LogP contribution < -0.4 is 31.4 Å². The lowest BCUT2D eigenvalue weighted by molar-refractivity contribution is -0.114. The van der Waals surface area contributed by atoms with Gasteiger partial charge in [0.25, 0.3) is 0 Å². The minimum Gasteiger partial charge on any atom is -0.494 e. The van der Waals surface area contributed by atoms with Crippen molar-refractivity contribution in [3.05, 3.63) is 53.7 Å². The molecule has 1 aromatic heterocycles. The second kappa shape index (κ2) is 12.2. The lowest BCUT2D eigenvalue weighted by Gasteiger charge is -2.26. The van der Waals surface area contributed by atoms with E-state index in [1.807, 2.05) is 12.1 Å². The molecule has 4 rings (SSSR count). The third-order valence-corrected chi connectivity index (χ3v) is 5.49. The highest BCUT2D eigenvalue weighted by atomic mass is 35.5. The first-order valence-electron chi connectivity index (χ1n) is 11.4. The van der Waals surface area contributed by atoms with Gasteiger partial charge in [-0.05, 0) is 24.3 Å². The van der Waals surface area contributed by atoms with Gasteiger partial charge in [0.15, 0.2) is 5.82 Å². The molecule has 0 spiro atoms. The number of anilines is 6. The second-order valence-electron chi connectivity index (χ2n) is 7.95. The first-order valence-corrected chi connectivity index (χ1v) is 11.8. The van der Waals surface area contributed by atoms with Crippen molar-refractivity contribution >= 4 is 58.1 Å². The van der Waals surface area contributed by atoms with Crippen LogP contribution in [0, 0.1) is 0 Å². The van der Waals surface area contributed by atoms with Crippen molar-refractivity contribution in [2.45, 2.75) is 6.92 Å². The average molecular weight is 527 g/mol. The maximum absolute atomic E-state index is 12.3. The molecular formula is C24H27ClN8O4. The Kier molecular flexibility index (Phi) is 8.56. The Bertz CT molecular complexity index is 1270. The first-order chi connectivity index (χ1) is 17.9. The van der Waals surface area contributed by atoms with Gasteiger partial charge in [0.05, 0.1) is 43.6 Å². The third kappa shape index (κ3) is 7.19. The van der Waals surface area contributed by atoms with Gasteiger partial charge in [0.1, 0.15) is 10.8 Å². The Balaban J connectivity index is 1.46. The number of benzene rings is 2. The fourth-order valence-electron chi connectivity index (χ4n) is 3.50. The van der Waals surface area contributed by atoms with Crippen LogP contribution in [0.4, 0.5) is 39.3 Å². The molecule has 0 atom stereocenters. The smallest absolute Gasteiger partial charge is 0.333 e. The summed E-state index contributed by atoms with van der Waals surface area (Å²) in [6.45, 7) is 3.81. The van der Waals surface area contributed by atoms with Gasteiger partial charge in [-0.2, -0.15) is 4.98 Å². The largest absolute Gasteiger partial charge is 0.494 e. The number of morpholine rings is 1. The fraction of sp³-hybridized carbons (Fsp3) is 0.250. The Labute approximate surface area is 218 Å². The minimum absolute atomic E-state index is 0.200. The summed E-state index contributed by atoms with van der Waals surface area (Å²) in [6, 6.07) is 12.0. The van der Waals surface area contributed by atoms with Crippen LogP contribution in [0.3, 0.4) is 0 Å². The fourth-order valence-corrected chi connectivity index (χ4v) is 3.64. The van der Waals surface area contributed by atoms with Gasteiger partial charge in [-0.25, -0.2) is 14.8 Å². The van der Waals surface area contributed by atoms with Gasteiger partial charge in [0, 0.05) is 31.8 Å². The highest BCUT2D eigenvalue weighted by Crippen LogP contribution is 2.32. The van der Waals surface area contributed by atoms with Crippen molar-refractivity contribution in [2.75, 3.05) is 54.7 Å². The van der Waals surface area contributed by atoms with Crippen LogP contribution in [-0.2, 0) is 9.53 Å². The normalized spacial score (nSPS) is 13.4. The number of carbonyl (C=O) groups is 2. The van der Waals surface area contributed by atoms with Gasteiger partial charge in [-0.1, -0.05) is 23.7 Å². The number of amides is 3. The number of urea groups is 1. The van der Waals surface area contributed by atoms with Crippen LogP contribution in [0.5, 0.6) is 5.75 Å². The highest BCUT2D eigenvalue weighted by Gasteiger charge is 2.15. The zero-order chi connectivity index (χ0) is 26.2. The lowest BCUT2D eigenvalue weighted by atomic mass is 10.2. The molecule has 0 unspecified atom stereocenters. The summed E-state index contributed by atoms with van der Waals surface area (Å²) in [5.41, 5.74) is 5.11. The second-order valence-corrected chi connectivity index (χ2v) is 8.35. The minimum atomic E-state index is -0.360. The van der Waals surface area contributed by atoms with Crippen molar-refractivity contribution < 1.29 is 19.1 Å². The molecule has 3 amide bonds. The monoisotopic (exact) mass is 526 g/mol. The number of hydrogen-bond donors (Lipinski definition) is 5. The standard InChI is InChI=1S/C24H27ClN8O4/c1-15(34)27-18-5-3-4-6-19(18)29-22-17(25)14-26-23(31-22)30-20-8-7-16(13-21(20)36-2)28-24(35)32-33-9-11-37-12-10-33/h3-8,13-14H,9-12H2,1-2H3,(H,27,34)(H2,28,32,35)(H2,26,29,30,31). The van der Waals surface area contributed by atoms with Crippen LogP contribution in [0.2, 0.25) is 5.02 Å². The van der Waals surface area contributed by atoms with E-state index in [-0.39, 0.29) is 17.9 Å². The topological polar surface area (TPSA) is 142 Å². The molecule has 0 radical (unpaired) electrons. The molecule has 1 aliphatic rings. The molecule has 0 aliphatic carbocycles. The number of para-hydroxylation sites is 2. The summed E-state index contributed by atoms with van der Waals surface area (Å²) in [5.74, 6) is 0.865. The molecule has 2 heterocycles. The van der Waals surface area contributed by atoms with Gasteiger partial charge < -0.3 is 30.7 Å². The number of rotatable bonds is 8. The van der Waals surface area contributed by atoms with E-state index in [4.69, 9.17) is 21.1 Å². The summed E-state index contributed by atoms with van der Waals surface area (Å²) in [5, 5.41) is 13.9. The summed E-state index contributed by atoms with van der Waals surface area (Å²) in [7, 11) is 1.52. The van der Waals surface area contributed by atoms with Crippen LogP contribution in [0.25, 0.3) is 0 Å². The van der Waals surface area contributed by atoms with E-state index < -0.39 is 0 Å². The zero-order valence-electron chi connectivity index (χ0n) is 20.3. The molecule has 1 aliphatic heterocycles. The quantitative estimate of drug-likeness (QED) is 0.295. The Morgan fingerprint density at radius 1 is 1.03 bits per heavy atom. The van der Waals surface area contributed by atoms with Crippen LogP contribution >= 0.6 is 11.6 Å². The van der Waals surface area contributed by atoms with E-state index in [0.717, 1.165) is 0 Å². The van der Waals surface area contributed by atoms with E-state index in [2.05, 4.69) is 36.7 Å². The Morgan fingerprint density at radius 2 is 1.78 bits per heavy atom. The van der Waals surface area contributed by atoms with Crippen molar-refractivity contribution in [3.8, 4) is 5.75 Å². The van der Waals surface area contributed by atoms with Gasteiger partial charge >= 0.3 is 6.03 Å². The summed E-state index contributed by atoms with van der Waals surface area (Å²) < 4.78 is 10.8. The molecular weight excluding hydrogens is 500 g/mol. The maximum Gasteiger partial charge on any atom is 0.333 e. The highest BCUT2D eigenvalue weighted by molar-refractivity contribution is 6.33. The molecule has 37 heavy (non-hydrogen) atoms. The number of halogens is 1. The molecule has 12 nitrogen and oxygen atoms in total. The predicted octanol–water partition coefficient (Wildman–Crippen LogP) is 3.95. The van der Waals surface area contributed by atoms with Crippen LogP contribution in [0.15, 0.2) is 48.7 Å². The Morgan fingerprint density at radius 3 is 2.51 bits per heavy atom. The van der Waals surface area contributed by atoms with Crippen LogP contribution in [-0.4, -0.2) is 60.3 Å². The molecule has 194 valence electrons. The summed E-state index contributed by atoms with van der Waals surface area (Å²) in [4.78, 5) is 32.6. The third-order valence-electron chi connectivity index (χ3n) is 5.21. The van der Waals surface area contributed by atoms with Gasteiger partial charge in [0.2, 0.25) is 11.9 Å². The van der Waals surface area contributed by atoms with E-state index in [1.54, 1.807) is 35.3 Å². The number of methoxy groups -OCH3 is 1. The number of ether oxygens (including phenoxy) is 2. The number of nitrogens with one attached hydrogen (secondary N) is 5. The molecule has 0 bridgehead atoms. The molecule has 0 saturated carbocycles. The lowest BCUT2D eigenvalue weighted by Crippen LogP contribution is -2.49. The predicted molar refractivity (Wildman–Crippen MR) is 142 cm³/mol. The number of carbonyl (C=O) groups excluding carboxylic acids is 2. The van der Waals surface area contributed by atoms with Gasteiger partial charge in [-0.3, -0.25) is 10.2 Å². The molecule has 2 aromatic carbocycles. The Hall–Kier alpha value is -4.13. The van der Waals surface area contributed by atoms with Crippen molar-refractivity contribution in [1.29, 1.82) is 0 Å². The van der Waals surface area contributed by atoms with Crippen molar-refractivity contribution in [2.24, 2.45) is 0 Å². The molecule has 1 fully saturated rings. The number of nitrogens with zero attached hydrogens (tertiary/aromatic N) is 3. The first kappa shape index (κ1) is 25.9. The van der Waals surface area contributed by atoms with E-state index >= 15 is 0 Å². The molecule has 3 aromatic rings. The average Bonchev–Trinajstić information content (AvgIpc) is 2.88. The molecule has 1 saturated heterocycles. The van der Waals surface area contributed by atoms with E-state index in [1.165, 1.54) is 20.2 Å². The van der Waals surface area contributed by atoms with Crippen molar-refractivity contribution in [1.82, 2.24) is 20.4 Å². The summed E-state index contributed by atoms with van der Waals surface area (Å²) >= 11 is 6.32. The molecule has 13 heteroatoms. The van der Waals surface area contributed by atoms with E-state index in [9.17, 15) is 9.59 Å². The maximum atomic E-state index is 12.3. The van der Waals surface area contributed by atoms with Gasteiger partial charge in [-0.15, -0.1) is 0 Å². The number of hydrazine groups is 1. The number of hydrogen-bond acceptors (Lipinski definition) is 9. The van der Waals surface area contributed by atoms with Crippen LogP contribution in [0.1, 0.15) is 6.92 Å². The van der Waals surface area contributed by atoms with E-state index in [0.29, 0.717) is 65.6 Å². The zero-order valence-corrected chi connectivity index (χ0v) is 21.1. The number of aromatic nitrogens is 2. The SMILES string of the molecule is COc1cc(NC(=O)NN2CCOCC2)ccc1Nc1ncc(Cl)c(Nc2ccccc2NC(C)=O)n1. The molecule has 5 N–H and O–H groups in total.